The molecule has 0 saturated heterocycles. The van der Waals surface area contributed by atoms with Crippen molar-refractivity contribution in [3.05, 3.63) is 27.7 Å². The highest BCUT2D eigenvalue weighted by atomic mass is 35.5. The number of fused-ring (bicyclic) bond motifs is 1. The van der Waals surface area contributed by atoms with Crippen molar-refractivity contribution in [2.45, 2.75) is 19.4 Å². The lowest BCUT2D eigenvalue weighted by atomic mass is 10.3. The highest BCUT2D eigenvalue weighted by Crippen LogP contribution is 2.23. The number of hydrogen-bond donors (Lipinski definition) is 1. The van der Waals surface area contributed by atoms with Gasteiger partial charge in [-0.05, 0) is 31.1 Å². The smallest absolute Gasteiger partial charge is 0.178 e. The lowest BCUT2D eigenvalue weighted by Crippen LogP contribution is -2.00. The van der Waals surface area contributed by atoms with Gasteiger partial charge in [0.05, 0.1) is 16.1 Å². The maximum absolute atomic E-state index is 13.3. The Morgan fingerprint density at radius 1 is 1.44 bits per heavy atom. The van der Waals surface area contributed by atoms with Crippen LogP contribution in [0.25, 0.3) is 11.0 Å². The summed E-state index contributed by atoms with van der Waals surface area (Å²) in [6.07, 6.45) is 1.91. The van der Waals surface area contributed by atoms with E-state index in [0.29, 0.717) is 10.3 Å². The fraction of sp³-hybridized carbons (Fsp3) is 0.417. The number of ether oxygens (including phenoxy) is 1. The quantitative estimate of drug-likeness (QED) is 0.668. The molecule has 0 bridgehead atoms. The lowest BCUT2D eigenvalue weighted by Gasteiger charge is -2.04. The van der Waals surface area contributed by atoms with Gasteiger partial charge in [0.25, 0.3) is 0 Å². The molecule has 1 N–H and O–H groups in total. The van der Waals surface area contributed by atoms with E-state index in [1.54, 1.807) is 13.2 Å². The highest BCUT2D eigenvalue weighted by Gasteiger charge is 2.08. The van der Waals surface area contributed by atoms with Crippen LogP contribution < -0.4 is 0 Å². The molecule has 2 aromatic rings. The first kappa shape index (κ1) is 13.5. The SMILES string of the molecule is COCCCCn1c(=S)[nH]c2cc(F)c(Cl)cc21. The zero-order valence-corrected chi connectivity index (χ0v) is 11.6. The van der Waals surface area contributed by atoms with E-state index in [9.17, 15) is 4.39 Å². The summed E-state index contributed by atoms with van der Waals surface area (Å²) in [4.78, 5) is 2.98. The second-order valence-electron chi connectivity index (χ2n) is 4.07. The van der Waals surface area contributed by atoms with E-state index in [1.807, 2.05) is 4.57 Å². The standard InChI is InChI=1S/C12H14ClFN2OS/c1-17-5-3-2-4-16-11-6-8(13)9(14)7-10(11)15-12(16)18/h6-7H,2-5H2,1H3,(H,15,18). The molecular formula is C12H14ClFN2OS. The zero-order valence-electron chi connectivity index (χ0n) is 10.0. The predicted octanol–water partition coefficient (Wildman–Crippen LogP) is 3.92. The van der Waals surface area contributed by atoms with Crippen molar-refractivity contribution < 1.29 is 9.13 Å². The Labute approximate surface area is 115 Å². The van der Waals surface area contributed by atoms with Crippen molar-refractivity contribution in [2.24, 2.45) is 0 Å². The van der Waals surface area contributed by atoms with Crippen molar-refractivity contribution in [3.63, 3.8) is 0 Å². The number of hydrogen-bond acceptors (Lipinski definition) is 2. The number of rotatable bonds is 5. The Morgan fingerprint density at radius 2 is 2.22 bits per heavy atom. The molecule has 18 heavy (non-hydrogen) atoms. The third-order valence-electron chi connectivity index (χ3n) is 2.80. The van der Waals surface area contributed by atoms with Crippen molar-refractivity contribution in [1.29, 1.82) is 0 Å². The van der Waals surface area contributed by atoms with Crippen LogP contribution in [-0.2, 0) is 11.3 Å². The Balaban J connectivity index is 2.29. The molecule has 0 aliphatic rings. The Morgan fingerprint density at radius 3 is 2.94 bits per heavy atom. The van der Waals surface area contributed by atoms with Crippen LogP contribution >= 0.6 is 23.8 Å². The fourth-order valence-electron chi connectivity index (χ4n) is 1.89. The number of aryl methyl sites for hydroxylation is 1. The Hall–Kier alpha value is -0.910. The van der Waals surface area contributed by atoms with Gasteiger partial charge in [-0.2, -0.15) is 0 Å². The third kappa shape index (κ3) is 2.74. The second-order valence-corrected chi connectivity index (χ2v) is 4.86. The number of aromatic amines is 1. The summed E-state index contributed by atoms with van der Waals surface area (Å²) < 4.78 is 20.9. The molecule has 0 aliphatic carbocycles. The van der Waals surface area contributed by atoms with Gasteiger partial charge in [0.15, 0.2) is 4.77 Å². The summed E-state index contributed by atoms with van der Waals surface area (Å²) in [5.41, 5.74) is 1.51. The highest BCUT2D eigenvalue weighted by molar-refractivity contribution is 7.71. The molecule has 0 atom stereocenters. The number of imidazole rings is 1. The Kier molecular flexibility index (Phi) is 4.37. The molecule has 0 spiro atoms. The van der Waals surface area contributed by atoms with E-state index in [1.165, 1.54) is 6.07 Å². The molecule has 1 aromatic heterocycles. The lowest BCUT2D eigenvalue weighted by molar-refractivity contribution is 0.191. The number of benzene rings is 1. The summed E-state index contributed by atoms with van der Waals surface area (Å²) in [6, 6.07) is 2.98. The van der Waals surface area contributed by atoms with Crippen molar-refractivity contribution in [1.82, 2.24) is 9.55 Å². The molecule has 3 nitrogen and oxygen atoms in total. The number of methoxy groups -OCH3 is 1. The first-order valence-electron chi connectivity index (χ1n) is 5.70. The first-order chi connectivity index (χ1) is 8.63. The number of nitrogens with zero attached hydrogens (tertiary/aromatic N) is 1. The van der Waals surface area contributed by atoms with Crippen LogP contribution in [0.3, 0.4) is 0 Å². The summed E-state index contributed by atoms with van der Waals surface area (Å²) in [7, 11) is 1.68. The Bertz CT molecular complexity index is 608. The van der Waals surface area contributed by atoms with Gasteiger partial charge in [-0.3, -0.25) is 0 Å². The summed E-state index contributed by atoms with van der Waals surface area (Å²) in [5.74, 6) is -0.438. The number of H-pyrrole nitrogens is 1. The predicted molar refractivity (Wildman–Crippen MR) is 73.2 cm³/mol. The van der Waals surface area contributed by atoms with E-state index in [-0.39, 0.29) is 5.02 Å². The van der Waals surface area contributed by atoms with Gasteiger partial charge in [0.1, 0.15) is 5.82 Å². The van der Waals surface area contributed by atoms with Gasteiger partial charge in [-0.25, -0.2) is 4.39 Å². The van der Waals surface area contributed by atoms with E-state index in [4.69, 9.17) is 28.6 Å². The maximum Gasteiger partial charge on any atom is 0.178 e. The van der Waals surface area contributed by atoms with Gasteiger partial charge in [0.2, 0.25) is 0 Å². The average Bonchev–Trinajstić information content (AvgIpc) is 2.62. The van der Waals surface area contributed by atoms with Crippen molar-refractivity contribution in [3.8, 4) is 0 Å². The molecule has 0 saturated carbocycles. The number of halogens is 2. The van der Waals surface area contributed by atoms with Gasteiger partial charge >= 0.3 is 0 Å². The van der Waals surface area contributed by atoms with Gasteiger partial charge in [-0.1, -0.05) is 11.6 Å². The van der Waals surface area contributed by atoms with E-state index >= 15 is 0 Å². The normalized spacial score (nSPS) is 11.3. The zero-order chi connectivity index (χ0) is 13.1. The number of nitrogens with one attached hydrogen (secondary N) is 1. The second kappa shape index (κ2) is 5.82. The number of unbranched alkanes of at least 4 members (excludes halogenated alkanes) is 1. The molecule has 0 unspecified atom stereocenters. The summed E-state index contributed by atoms with van der Waals surface area (Å²) >= 11 is 11.0. The maximum atomic E-state index is 13.3. The van der Waals surface area contributed by atoms with Crippen LogP contribution in [0, 0.1) is 10.6 Å². The minimum atomic E-state index is -0.438. The third-order valence-corrected chi connectivity index (χ3v) is 3.41. The van der Waals surface area contributed by atoms with Crippen LogP contribution in [0.4, 0.5) is 4.39 Å². The van der Waals surface area contributed by atoms with E-state index in [0.717, 1.165) is 31.5 Å². The van der Waals surface area contributed by atoms with Crippen molar-refractivity contribution in [2.75, 3.05) is 13.7 Å². The molecular weight excluding hydrogens is 275 g/mol. The van der Waals surface area contributed by atoms with Crippen LogP contribution in [0.1, 0.15) is 12.8 Å². The van der Waals surface area contributed by atoms with Gasteiger partial charge in [-0.15, -0.1) is 0 Å². The van der Waals surface area contributed by atoms with Crippen LogP contribution in [0.2, 0.25) is 5.02 Å². The monoisotopic (exact) mass is 288 g/mol. The average molecular weight is 289 g/mol. The van der Waals surface area contributed by atoms with E-state index < -0.39 is 5.82 Å². The molecule has 0 amide bonds. The topological polar surface area (TPSA) is 29.9 Å². The molecule has 0 radical (unpaired) electrons. The molecule has 6 heteroatoms. The van der Waals surface area contributed by atoms with Crippen molar-refractivity contribution >= 4 is 34.9 Å². The number of aromatic nitrogens is 2. The molecule has 1 aromatic carbocycles. The molecule has 0 fully saturated rings. The van der Waals surface area contributed by atoms with Crippen LogP contribution in [0.15, 0.2) is 12.1 Å². The molecule has 2 rings (SSSR count). The molecule has 98 valence electrons. The van der Waals surface area contributed by atoms with Gasteiger partial charge in [0, 0.05) is 26.3 Å². The minimum absolute atomic E-state index is 0.113. The van der Waals surface area contributed by atoms with Crippen LogP contribution in [-0.4, -0.2) is 23.3 Å². The van der Waals surface area contributed by atoms with Crippen LogP contribution in [0.5, 0.6) is 0 Å². The summed E-state index contributed by atoms with van der Waals surface area (Å²) in [5, 5.41) is 0.113. The largest absolute Gasteiger partial charge is 0.385 e. The minimum Gasteiger partial charge on any atom is -0.385 e. The molecule has 0 aliphatic heterocycles. The summed E-state index contributed by atoms with van der Waals surface area (Å²) in [6.45, 7) is 1.50. The molecule has 1 heterocycles. The van der Waals surface area contributed by atoms with E-state index in [2.05, 4.69) is 4.98 Å². The fourth-order valence-corrected chi connectivity index (χ4v) is 2.35. The van der Waals surface area contributed by atoms with Gasteiger partial charge < -0.3 is 14.3 Å². The first-order valence-corrected chi connectivity index (χ1v) is 6.48.